The minimum atomic E-state index is -1.15. The van der Waals surface area contributed by atoms with Gasteiger partial charge < -0.3 is 19.3 Å². The normalized spacial score (nSPS) is 11.5. The molecule has 1 atom stereocenters. The van der Waals surface area contributed by atoms with Gasteiger partial charge in [0.05, 0.1) is 0 Å². The third-order valence-corrected chi connectivity index (χ3v) is 4.24. The number of benzene rings is 3. The van der Waals surface area contributed by atoms with E-state index in [9.17, 15) is 9.90 Å². The third-order valence-electron chi connectivity index (χ3n) is 3.74. The summed E-state index contributed by atoms with van der Waals surface area (Å²) in [5.74, 6) is 0.472. The van der Waals surface area contributed by atoms with Crippen molar-refractivity contribution in [3.8, 4) is 17.2 Å². The summed E-state index contributed by atoms with van der Waals surface area (Å²) in [6, 6.07) is 20.0. The van der Waals surface area contributed by atoms with Gasteiger partial charge in [0.15, 0.2) is 0 Å². The van der Waals surface area contributed by atoms with Gasteiger partial charge in [0.25, 0.3) is 0 Å². The van der Waals surface area contributed by atoms with Crippen LogP contribution in [-0.2, 0) is 4.79 Å². The highest BCUT2D eigenvalue weighted by atomic mass is 35.5. The summed E-state index contributed by atoms with van der Waals surface area (Å²) in [5.41, 5.74) is 0.480. The Balaban J connectivity index is 1.60. The van der Waals surface area contributed by atoms with Crippen LogP contribution in [0.5, 0.6) is 17.2 Å². The minimum absolute atomic E-state index is 0.00458. The van der Waals surface area contributed by atoms with Crippen LogP contribution in [0.25, 0.3) is 0 Å². The van der Waals surface area contributed by atoms with E-state index in [1.54, 1.807) is 72.8 Å². The van der Waals surface area contributed by atoms with Crippen molar-refractivity contribution in [2.75, 3.05) is 6.79 Å². The number of carbonyl (C=O) groups is 1. The van der Waals surface area contributed by atoms with Crippen LogP contribution in [0, 0.1) is 0 Å². The summed E-state index contributed by atoms with van der Waals surface area (Å²) in [7, 11) is 0. The molecule has 0 saturated heterocycles. The molecule has 1 N–H and O–H groups in total. The minimum Gasteiger partial charge on any atom is -0.478 e. The van der Waals surface area contributed by atoms with Crippen molar-refractivity contribution in [3.63, 3.8) is 0 Å². The van der Waals surface area contributed by atoms with Crippen LogP contribution < -0.4 is 14.2 Å². The smallest absolute Gasteiger partial charge is 0.349 e. The zero-order chi connectivity index (χ0) is 19.9. The average molecular weight is 419 g/mol. The second-order valence-electron chi connectivity index (χ2n) is 5.72. The number of carboxylic acids is 1. The van der Waals surface area contributed by atoms with Crippen molar-refractivity contribution in [1.29, 1.82) is 0 Å². The molecule has 0 heterocycles. The van der Waals surface area contributed by atoms with Crippen LogP contribution in [0.2, 0.25) is 10.0 Å². The number of rotatable bonds is 8. The van der Waals surface area contributed by atoms with E-state index in [0.29, 0.717) is 32.9 Å². The van der Waals surface area contributed by atoms with Crippen LogP contribution in [-0.4, -0.2) is 17.9 Å². The Hall–Kier alpha value is -2.89. The number of hydrogen-bond donors (Lipinski definition) is 1. The first-order chi connectivity index (χ1) is 13.5. The maximum atomic E-state index is 11.6. The molecule has 7 heteroatoms. The lowest BCUT2D eigenvalue weighted by molar-refractivity contribution is -0.145. The van der Waals surface area contributed by atoms with Crippen LogP contribution in [0.4, 0.5) is 0 Å². The number of ether oxygens (including phenoxy) is 3. The molecular formula is C21H16Cl2O5. The highest BCUT2D eigenvalue weighted by Crippen LogP contribution is 2.25. The van der Waals surface area contributed by atoms with Crippen LogP contribution in [0.15, 0.2) is 72.8 Å². The van der Waals surface area contributed by atoms with E-state index in [0.717, 1.165) is 0 Å². The van der Waals surface area contributed by atoms with E-state index in [1.165, 1.54) is 0 Å². The summed E-state index contributed by atoms with van der Waals surface area (Å²) in [4.78, 5) is 11.6. The quantitative estimate of drug-likeness (QED) is 0.481. The topological polar surface area (TPSA) is 65.0 Å². The molecule has 0 radical (unpaired) electrons. The Morgan fingerprint density at radius 2 is 1.18 bits per heavy atom. The Morgan fingerprint density at radius 3 is 1.64 bits per heavy atom. The fourth-order valence-corrected chi connectivity index (χ4v) is 2.60. The Kier molecular flexibility index (Phi) is 6.63. The van der Waals surface area contributed by atoms with Gasteiger partial charge in [0.2, 0.25) is 12.9 Å². The number of carboxylic acid groups (broad SMARTS) is 1. The van der Waals surface area contributed by atoms with Gasteiger partial charge in [-0.1, -0.05) is 35.3 Å². The van der Waals surface area contributed by atoms with Crippen molar-refractivity contribution in [2.45, 2.75) is 6.10 Å². The fraction of sp³-hybridized carbons (Fsp3) is 0.0952. The molecule has 0 aliphatic heterocycles. The summed E-state index contributed by atoms with van der Waals surface area (Å²) < 4.78 is 16.5. The molecule has 0 aliphatic carbocycles. The molecule has 0 aliphatic rings. The number of halogens is 2. The van der Waals surface area contributed by atoms with Crippen molar-refractivity contribution < 1.29 is 24.1 Å². The third kappa shape index (κ3) is 5.55. The Bertz CT molecular complexity index is 909. The SMILES string of the molecule is O=C(O)C(Oc1ccc(Cl)cc1)c1ccc(OCOc2ccc(Cl)cc2)cc1. The van der Waals surface area contributed by atoms with E-state index in [4.69, 9.17) is 37.4 Å². The fourth-order valence-electron chi connectivity index (χ4n) is 2.35. The van der Waals surface area contributed by atoms with E-state index < -0.39 is 12.1 Å². The molecule has 0 bridgehead atoms. The van der Waals surface area contributed by atoms with E-state index in [-0.39, 0.29) is 6.79 Å². The van der Waals surface area contributed by atoms with E-state index in [1.807, 2.05) is 0 Å². The molecule has 3 aromatic rings. The van der Waals surface area contributed by atoms with Crippen molar-refractivity contribution in [2.24, 2.45) is 0 Å². The second-order valence-corrected chi connectivity index (χ2v) is 6.59. The monoisotopic (exact) mass is 418 g/mol. The van der Waals surface area contributed by atoms with Crippen LogP contribution in [0.1, 0.15) is 11.7 Å². The second kappa shape index (κ2) is 9.35. The molecule has 144 valence electrons. The molecule has 0 fully saturated rings. The molecule has 0 spiro atoms. The molecule has 0 saturated carbocycles. The van der Waals surface area contributed by atoms with Crippen LogP contribution in [0.3, 0.4) is 0 Å². The molecule has 1 unspecified atom stereocenters. The zero-order valence-electron chi connectivity index (χ0n) is 14.5. The summed E-state index contributed by atoms with van der Waals surface area (Å²) in [5, 5.41) is 10.7. The van der Waals surface area contributed by atoms with Gasteiger partial charge in [-0.2, -0.15) is 0 Å². The Morgan fingerprint density at radius 1 is 0.750 bits per heavy atom. The zero-order valence-corrected chi connectivity index (χ0v) is 16.1. The van der Waals surface area contributed by atoms with Crippen molar-refractivity contribution in [3.05, 3.63) is 88.4 Å². The first kappa shape index (κ1) is 19.9. The summed E-state index contributed by atoms with van der Waals surface area (Å²) in [6.45, 7) is 0.00458. The standard InChI is InChI=1S/C21H16Cl2O5/c22-15-3-9-18(10-4-15)27-13-26-17-7-1-14(2-8-17)20(21(24)25)28-19-11-5-16(23)6-12-19/h1-12,20H,13H2,(H,24,25). The summed E-state index contributed by atoms with van der Waals surface area (Å²) in [6.07, 6.45) is -1.15. The predicted molar refractivity (Wildman–Crippen MR) is 106 cm³/mol. The first-order valence-corrected chi connectivity index (χ1v) is 9.03. The lowest BCUT2D eigenvalue weighted by atomic mass is 10.1. The van der Waals surface area contributed by atoms with Crippen LogP contribution >= 0.6 is 23.2 Å². The molecule has 3 rings (SSSR count). The van der Waals surface area contributed by atoms with E-state index in [2.05, 4.69) is 0 Å². The largest absolute Gasteiger partial charge is 0.478 e. The maximum Gasteiger partial charge on any atom is 0.349 e. The lowest BCUT2D eigenvalue weighted by Gasteiger charge is -2.16. The van der Waals surface area contributed by atoms with Gasteiger partial charge >= 0.3 is 5.97 Å². The molecular weight excluding hydrogens is 403 g/mol. The number of aliphatic carboxylic acids is 1. The first-order valence-electron chi connectivity index (χ1n) is 8.27. The van der Waals surface area contributed by atoms with Gasteiger partial charge in [0, 0.05) is 15.6 Å². The predicted octanol–water partition coefficient (Wildman–Crippen LogP) is 5.61. The van der Waals surface area contributed by atoms with Crippen molar-refractivity contribution >= 4 is 29.2 Å². The Labute approximate surface area is 172 Å². The van der Waals surface area contributed by atoms with Gasteiger partial charge in [-0.15, -0.1) is 0 Å². The number of hydrogen-bond acceptors (Lipinski definition) is 4. The molecule has 3 aromatic carbocycles. The van der Waals surface area contributed by atoms with Gasteiger partial charge in [0.1, 0.15) is 17.2 Å². The maximum absolute atomic E-state index is 11.6. The van der Waals surface area contributed by atoms with E-state index >= 15 is 0 Å². The molecule has 0 aromatic heterocycles. The molecule has 28 heavy (non-hydrogen) atoms. The van der Waals surface area contributed by atoms with Crippen molar-refractivity contribution in [1.82, 2.24) is 0 Å². The van der Waals surface area contributed by atoms with Gasteiger partial charge in [-0.25, -0.2) is 4.79 Å². The lowest BCUT2D eigenvalue weighted by Crippen LogP contribution is -2.18. The van der Waals surface area contributed by atoms with Gasteiger partial charge in [-0.3, -0.25) is 0 Å². The molecule has 0 amide bonds. The average Bonchev–Trinajstić information content (AvgIpc) is 2.69. The highest BCUT2D eigenvalue weighted by molar-refractivity contribution is 6.30. The molecule has 5 nitrogen and oxygen atoms in total. The summed E-state index contributed by atoms with van der Waals surface area (Å²) >= 11 is 11.6. The highest BCUT2D eigenvalue weighted by Gasteiger charge is 2.22. The van der Waals surface area contributed by atoms with Gasteiger partial charge in [-0.05, 0) is 60.7 Å².